The minimum absolute atomic E-state index is 0.344. The fourth-order valence-electron chi connectivity index (χ4n) is 1.85. The van der Waals surface area contributed by atoms with Gasteiger partial charge < -0.3 is 10.5 Å². The second-order valence-electron chi connectivity index (χ2n) is 4.37. The van der Waals surface area contributed by atoms with E-state index in [1.165, 1.54) is 0 Å². The van der Waals surface area contributed by atoms with Gasteiger partial charge in [0.25, 0.3) is 0 Å². The highest BCUT2D eigenvalue weighted by molar-refractivity contribution is 9.10. The summed E-state index contributed by atoms with van der Waals surface area (Å²) in [7, 11) is 0. The van der Waals surface area contributed by atoms with Crippen molar-refractivity contribution in [1.82, 2.24) is 4.98 Å². The number of rotatable bonds is 3. The number of hydrogen-bond acceptors (Lipinski definition) is 3. The maximum Gasteiger partial charge on any atom is 0.224 e. The van der Waals surface area contributed by atoms with Crippen LogP contribution in [-0.4, -0.2) is 4.98 Å². The molecular weight excluding hydrogens is 363 g/mol. The Kier molecular flexibility index (Phi) is 4.91. The zero-order valence-electron chi connectivity index (χ0n) is 11.0. The normalized spacial score (nSPS) is 10.7. The molecule has 0 saturated carbocycles. The number of halogens is 3. The maximum atomic E-state index is 6.15. The number of aromatic nitrogens is 1. The number of nitrogens with zero attached hydrogens (tertiary/aromatic N) is 1. The van der Waals surface area contributed by atoms with E-state index in [1.54, 1.807) is 12.1 Å². The molecule has 0 amide bonds. The lowest BCUT2D eigenvalue weighted by Gasteiger charge is -2.14. The van der Waals surface area contributed by atoms with Crippen molar-refractivity contribution in [2.45, 2.75) is 20.4 Å². The van der Waals surface area contributed by atoms with Gasteiger partial charge in [-0.1, -0.05) is 23.2 Å². The first-order valence-electron chi connectivity index (χ1n) is 5.92. The molecule has 0 atom stereocenters. The van der Waals surface area contributed by atoms with Gasteiger partial charge in [0, 0.05) is 28.3 Å². The Morgan fingerprint density at radius 3 is 2.55 bits per heavy atom. The highest BCUT2D eigenvalue weighted by Crippen LogP contribution is 2.37. The molecule has 0 aliphatic carbocycles. The Morgan fingerprint density at radius 2 is 1.90 bits per heavy atom. The van der Waals surface area contributed by atoms with Gasteiger partial charge in [-0.25, -0.2) is 4.98 Å². The van der Waals surface area contributed by atoms with Crippen LogP contribution in [0, 0.1) is 13.8 Å². The van der Waals surface area contributed by atoms with E-state index in [2.05, 4.69) is 20.9 Å². The molecule has 0 aliphatic rings. The lowest BCUT2D eigenvalue weighted by Crippen LogP contribution is -2.05. The quantitative estimate of drug-likeness (QED) is 0.766. The van der Waals surface area contributed by atoms with Crippen LogP contribution in [0.1, 0.15) is 16.8 Å². The van der Waals surface area contributed by atoms with E-state index in [0.717, 1.165) is 16.8 Å². The predicted molar refractivity (Wildman–Crippen MR) is 85.8 cm³/mol. The third-order valence-corrected chi connectivity index (χ3v) is 4.32. The van der Waals surface area contributed by atoms with Crippen LogP contribution in [-0.2, 0) is 6.54 Å². The number of aryl methyl sites for hydroxylation is 2. The maximum absolute atomic E-state index is 6.15. The van der Waals surface area contributed by atoms with Crippen molar-refractivity contribution in [3.63, 3.8) is 0 Å². The lowest BCUT2D eigenvalue weighted by atomic mass is 10.1. The molecule has 6 heteroatoms. The van der Waals surface area contributed by atoms with Gasteiger partial charge in [0.15, 0.2) is 0 Å². The molecule has 0 fully saturated rings. The van der Waals surface area contributed by atoms with Gasteiger partial charge in [-0.2, -0.15) is 0 Å². The smallest absolute Gasteiger partial charge is 0.224 e. The zero-order chi connectivity index (χ0) is 14.9. The Balaban J connectivity index is 2.47. The van der Waals surface area contributed by atoms with Crippen molar-refractivity contribution in [2.75, 3.05) is 0 Å². The standard InChI is InChI=1S/C14H13BrCl2N2O/c1-7-3-8(2)19-14(9(7)6-18)20-13-5-11(16)10(15)4-12(13)17/h3-5H,6,18H2,1-2H3. The van der Waals surface area contributed by atoms with E-state index in [-0.39, 0.29) is 0 Å². The fraction of sp³-hybridized carbons (Fsp3) is 0.214. The molecule has 0 bridgehead atoms. The van der Waals surface area contributed by atoms with E-state index in [1.807, 2.05) is 19.9 Å². The molecule has 0 spiro atoms. The van der Waals surface area contributed by atoms with E-state index in [0.29, 0.717) is 32.7 Å². The molecular formula is C14H13BrCl2N2O. The molecule has 1 heterocycles. The topological polar surface area (TPSA) is 48.1 Å². The zero-order valence-corrected chi connectivity index (χ0v) is 14.1. The van der Waals surface area contributed by atoms with Crippen LogP contribution in [0.25, 0.3) is 0 Å². The minimum Gasteiger partial charge on any atom is -0.437 e. The van der Waals surface area contributed by atoms with Crippen LogP contribution < -0.4 is 10.5 Å². The van der Waals surface area contributed by atoms with Crippen LogP contribution >= 0.6 is 39.1 Å². The largest absolute Gasteiger partial charge is 0.437 e. The summed E-state index contributed by atoms with van der Waals surface area (Å²) in [6.07, 6.45) is 0. The molecule has 106 valence electrons. The summed E-state index contributed by atoms with van der Waals surface area (Å²) in [5.74, 6) is 0.914. The number of hydrogen-bond donors (Lipinski definition) is 1. The molecule has 1 aromatic heterocycles. The summed E-state index contributed by atoms with van der Waals surface area (Å²) < 4.78 is 6.51. The summed E-state index contributed by atoms with van der Waals surface area (Å²) in [6, 6.07) is 5.29. The molecule has 1 aromatic carbocycles. The van der Waals surface area contributed by atoms with Crippen LogP contribution in [0.2, 0.25) is 10.0 Å². The summed E-state index contributed by atoms with van der Waals surface area (Å²) in [5.41, 5.74) is 8.51. The predicted octanol–water partition coefficient (Wildman–Crippen LogP) is 5.02. The first-order valence-corrected chi connectivity index (χ1v) is 7.47. The van der Waals surface area contributed by atoms with E-state index in [4.69, 9.17) is 33.7 Å². The van der Waals surface area contributed by atoms with Crippen LogP contribution in [0.15, 0.2) is 22.7 Å². The molecule has 2 aromatic rings. The van der Waals surface area contributed by atoms with Crippen LogP contribution in [0.3, 0.4) is 0 Å². The summed E-state index contributed by atoms with van der Waals surface area (Å²) >= 11 is 15.5. The molecule has 0 unspecified atom stereocenters. The lowest BCUT2D eigenvalue weighted by molar-refractivity contribution is 0.454. The van der Waals surface area contributed by atoms with Crippen molar-refractivity contribution in [3.05, 3.63) is 49.5 Å². The van der Waals surface area contributed by atoms with Gasteiger partial charge in [-0.15, -0.1) is 0 Å². The van der Waals surface area contributed by atoms with Gasteiger partial charge >= 0.3 is 0 Å². The second kappa shape index (κ2) is 6.31. The molecule has 0 saturated heterocycles. The Morgan fingerprint density at radius 1 is 1.20 bits per heavy atom. The summed E-state index contributed by atoms with van der Waals surface area (Å²) in [4.78, 5) is 4.38. The van der Waals surface area contributed by atoms with Gasteiger partial charge in [-0.05, 0) is 47.5 Å². The third-order valence-electron chi connectivity index (χ3n) is 2.82. The van der Waals surface area contributed by atoms with Crippen molar-refractivity contribution in [1.29, 1.82) is 0 Å². The van der Waals surface area contributed by atoms with Crippen LogP contribution in [0.4, 0.5) is 0 Å². The molecule has 0 radical (unpaired) electrons. The van der Waals surface area contributed by atoms with Crippen molar-refractivity contribution < 1.29 is 4.74 Å². The summed E-state index contributed by atoms with van der Waals surface area (Å²) in [5, 5.41) is 0.966. The Bertz CT molecular complexity index is 662. The number of ether oxygens (including phenoxy) is 1. The van der Waals surface area contributed by atoms with Crippen molar-refractivity contribution in [3.8, 4) is 11.6 Å². The minimum atomic E-state index is 0.344. The first-order chi connectivity index (χ1) is 9.42. The third kappa shape index (κ3) is 3.26. The van der Waals surface area contributed by atoms with Gasteiger partial charge in [-0.3, -0.25) is 0 Å². The van der Waals surface area contributed by atoms with Gasteiger partial charge in [0.1, 0.15) is 5.75 Å². The Labute approximate surface area is 136 Å². The second-order valence-corrected chi connectivity index (χ2v) is 6.04. The first kappa shape index (κ1) is 15.6. The molecule has 3 nitrogen and oxygen atoms in total. The SMILES string of the molecule is Cc1cc(C)c(CN)c(Oc2cc(Cl)c(Br)cc2Cl)n1. The average molecular weight is 376 g/mol. The van der Waals surface area contributed by atoms with Crippen LogP contribution in [0.5, 0.6) is 11.6 Å². The van der Waals surface area contributed by atoms with E-state index >= 15 is 0 Å². The van der Waals surface area contributed by atoms with Crippen molar-refractivity contribution in [2.24, 2.45) is 5.73 Å². The molecule has 20 heavy (non-hydrogen) atoms. The number of benzene rings is 1. The van der Waals surface area contributed by atoms with Crippen molar-refractivity contribution >= 4 is 39.1 Å². The molecule has 2 N–H and O–H groups in total. The van der Waals surface area contributed by atoms with Gasteiger partial charge in [0.2, 0.25) is 5.88 Å². The fourth-order valence-corrected chi connectivity index (χ4v) is 2.68. The van der Waals surface area contributed by atoms with E-state index < -0.39 is 0 Å². The molecule has 0 aliphatic heterocycles. The molecule has 2 rings (SSSR count). The van der Waals surface area contributed by atoms with Gasteiger partial charge in [0.05, 0.1) is 10.0 Å². The average Bonchev–Trinajstić information content (AvgIpc) is 2.35. The Hall–Kier alpha value is -0.810. The highest BCUT2D eigenvalue weighted by atomic mass is 79.9. The monoisotopic (exact) mass is 374 g/mol. The van der Waals surface area contributed by atoms with E-state index in [9.17, 15) is 0 Å². The number of pyridine rings is 1. The summed E-state index contributed by atoms with van der Waals surface area (Å²) in [6.45, 7) is 4.21. The highest BCUT2D eigenvalue weighted by Gasteiger charge is 2.13. The number of nitrogens with two attached hydrogens (primary N) is 1.